The van der Waals surface area contributed by atoms with Crippen molar-refractivity contribution in [2.75, 3.05) is 25.5 Å². The van der Waals surface area contributed by atoms with Crippen molar-refractivity contribution in [2.45, 2.75) is 50.5 Å². The van der Waals surface area contributed by atoms with E-state index >= 15 is 0 Å². The Bertz CT molecular complexity index is 1230. The van der Waals surface area contributed by atoms with Crippen molar-refractivity contribution >= 4 is 28.6 Å². The molecule has 3 heterocycles. The van der Waals surface area contributed by atoms with Crippen molar-refractivity contribution in [1.29, 1.82) is 0 Å². The van der Waals surface area contributed by atoms with Crippen LogP contribution in [0, 0.1) is 0 Å². The molecule has 2 aliphatic rings. The number of hydrogen-bond donors (Lipinski definition) is 3. The summed E-state index contributed by atoms with van der Waals surface area (Å²) >= 11 is 0. The zero-order chi connectivity index (χ0) is 23.5. The van der Waals surface area contributed by atoms with E-state index < -0.39 is 11.3 Å². The quantitative estimate of drug-likeness (QED) is 0.482. The predicted octanol–water partition coefficient (Wildman–Crippen LogP) is 3.41. The highest BCUT2D eigenvalue weighted by molar-refractivity contribution is 5.96. The van der Waals surface area contributed by atoms with Crippen molar-refractivity contribution in [1.82, 2.24) is 25.3 Å². The molecule has 178 valence electrons. The molecule has 1 saturated carbocycles. The summed E-state index contributed by atoms with van der Waals surface area (Å²) in [5, 5.41) is 7.00. The Balaban J connectivity index is 1.47. The minimum absolute atomic E-state index is 0.0269. The number of anilines is 2. The summed E-state index contributed by atoms with van der Waals surface area (Å²) in [5.41, 5.74) is 4.65. The van der Waals surface area contributed by atoms with E-state index in [1.54, 1.807) is 6.20 Å². The van der Waals surface area contributed by atoms with E-state index in [2.05, 4.69) is 33.2 Å². The van der Waals surface area contributed by atoms with E-state index in [0.717, 1.165) is 57.3 Å². The largest absolute Gasteiger partial charge is 0.328 e. The third kappa shape index (κ3) is 4.53. The lowest BCUT2D eigenvalue weighted by molar-refractivity contribution is 0.0536. The molecule has 2 aromatic heterocycles. The molecular formula is C25H30N6O3. The summed E-state index contributed by atoms with van der Waals surface area (Å²) in [6.45, 7) is 2.13. The first-order valence-corrected chi connectivity index (χ1v) is 12.0. The Morgan fingerprint density at radius 3 is 2.56 bits per heavy atom. The molecule has 0 radical (unpaired) electrons. The van der Waals surface area contributed by atoms with Crippen LogP contribution in [0.5, 0.6) is 0 Å². The Kier molecular flexibility index (Phi) is 6.55. The average molecular weight is 463 g/mol. The number of amides is 1. The molecule has 1 amide bonds. The second-order valence-corrected chi connectivity index (χ2v) is 9.05. The lowest BCUT2D eigenvalue weighted by Crippen LogP contribution is -2.30. The van der Waals surface area contributed by atoms with E-state index in [-0.39, 0.29) is 11.6 Å². The van der Waals surface area contributed by atoms with Crippen LogP contribution in [0.2, 0.25) is 0 Å². The van der Waals surface area contributed by atoms with Crippen LogP contribution in [0.25, 0.3) is 11.0 Å². The standard InChI is InChI=1S/C25H30N6O3/c1-34-30-24(33)21-15-31(19-4-2-3-5-19)23-20(22(21)32)14-27-25(29-23)28-18-8-6-16(7-9-18)17-10-12-26-13-11-17/h6-9,14-15,17,19,26H,2-5,10-13H2,1H3,(H,30,33)(H,27,28,29). The van der Waals surface area contributed by atoms with Gasteiger partial charge in [-0.05, 0) is 62.4 Å². The number of pyridine rings is 1. The number of aromatic nitrogens is 3. The number of hydrogen-bond acceptors (Lipinski definition) is 7. The van der Waals surface area contributed by atoms with Crippen molar-refractivity contribution in [2.24, 2.45) is 0 Å². The van der Waals surface area contributed by atoms with Gasteiger partial charge in [0, 0.05) is 24.1 Å². The number of fused-ring (bicyclic) bond motifs is 1. The number of nitrogens with one attached hydrogen (secondary N) is 3. The maximum Gasteiger partial charge on any atom is 0.280 e. The van der Waals surface area contributed by atoms with Crippen molar-refractivity contribution in [3.05, 3.63) is 58.0 Å². The number of benzene rings is 1. The van der Waals surface area contributed by atoms with Gasteiger partial charge < -0.3 is 15.2 Å². The summed E-state index contributed by atoms with van der Waals surface area (Å²) in [5.74, 6) is 0.442. The van der Waals surface area contributed by atoms with Crippen LogP contribution in [-0.2, 0) is 4.84 Å². The Morgan fingerprint density at radius 2 is 1.85 bits per heavy atom. The van der Waals surface area contributed by atoms with Crippen LogP contribution in [0.1, 0.15) is 66.4 Å². The molecular weight excluding hydrogens is 432 g/mol. The molecule has 0 bridgehead atoms. The third-order valence-electron chi connectivity index (χ3n) is 6.91. The van der Waals surface area contributed by atoms with E-state index in [1.807, 2.05) is 16.7 Å². The number of nitrogens with zero attached hydrogens (tertiary/aromatic N) is 3. The molecule has 9 nitrogen and oxygen atoms in total. The monoisotopic (exact) mass is 462 g/mol. The topological polar surface area (TPSA) is 110 Å². The summed E-state index contributed by atoms with van der Waals surface area (Å²) < 4.78 is 1.96. The summed E-state index contributed by atoms with van der Waals surface area (Å²) in [6.07, 6.45) is 9.61. The van der Waals surface area contributed by atoms with Crippen LogP contribution in [-0.4, -0.2) is 40.6 Å². The van der Waals surface area contributed by atoms with Gasteiger partial charge in [-0.2, -0.15) is 4.98 Å². The summed E-state index contributed by atoms with van der Waals surface area (Å²) in [6, 6.07) is 8.60. The minimum atomic E-state index is -0.572. The average Bonchev–Trinajstić information content (AvgIpc) is 3.40. The number of carbonyl (C=O) groups is 1. The molecule has 9 heteroatoms. The lowest BCUT2D eigenvalue weighted by atomic mass is 9.90. The second kappa shape index (κ2) is 9.90. The molecule has 0 spiro atoms. The van der Waals surface area contributed by atoms with Crippen LogP contribution in [0.3, 0.4) is 0 Å². The fourth-order valence-electron chi connectivity index (χ4n) is 5.09. The van der Waals surface area contributed by atoms with Crippen molar-refractivity contribution in [3.8, 4) is 0 Å². The van der Waals surface area contributed by atoms with Crippen LogP contribution >= 0.6 is 0 Å². The molecule has 2 fully saturated rings. The van der Waals surface area contributed by atoms with Crippen molar-refractivity contribution in [3.63, 3.8) is 0 Å². The molecule has 0 unspecified atom stereocenters. The zero-order valence-corrected chi connectivity index (χ0v) is 19.3. The molecule has 1 aromatic carbocycles. The smallest absolute Gasteiger partial charge is 0.280 e. The maximum absolute atomic E-state index is 13.0. The van der Waals surface area contributed by atoms with Gasteiger partial charge >= 0.3 is 0 Å². The molecule has 5 rings (SSSR count). The van der Waals surface area contributed by atoms with Crippen LogP contribution in [0.4, 0.5) is 11.6 Å². The highest BCUT2D eigenvalue weighted by atomic mass is 16.6. The van der Waals surface area contributed by atoms with Crippen LogP contribution < -0.4 is 21.5 Å². The zero-order valence-electron chi connectivity index (χ0n) is 19.3. The van der Waals surface area contributed by atoms with Gasteiger partial charge in [-0.15, -0.1) is 0 Å². The van der Waals surface area contributed by atoms with E-state index in [1.165, 1.54) is 18.9 Å². The van der Waals surface area contributed by atoms with Gasteiger partial charge in [0.25, 0.3) is 5.91 Å². The number of carbonyl (C=O) groups excluding carboxylic acids is 1. The maximum atomic E-state index is 13.0. The second-order valence-electron chi connectivity index (χ2n) is 9.05. The fourth-order valence-corrected chi connectivity index (χ4v) is 5.09. The molecule has 1 aliphatic heterocycles. The highest BCUT2D eigenvalue weighted by Crippen LogP contribution is 2.32. The van der Waals surface area contributed by atoms with Gasteiger partial charge in [0.05, 0.1) is 12.5 Å². The van der Waals surface area contributed by atoms with Gasteiger partial charge in [-0.25, -0.2) is 10.5 Å². The van der Waals surface area contributed by atoms with Crippen LogP contribution in [0.15, 0.2) is 41.5 Å². The first-order chi connectivity index (χ1) is 16.6. The molecule has 0 atom stereocenters. The van der Waals surface area contributed by atoms with Gasteiger partial charge in [-0.1, -0.05) is 25.0 Å². The van der Waals surface area contributed by atoms with Gasteiger partial charge in [-0.3, -0.25) is 14.4 Å². The fraction of sp³-hybridized carbons (Fsp3) is 0.440. The molecule has 3 aromatic rings. The van der Waals surface area contributed by atoms with Gasteiger partial charge in [0.2, 0.25) is 11.4 Å². The Hall–Kier alpha value is -3.30. The lowest BCUT2D eigenvalue weighted by Gasteiger charge is -2.23. The van der Waals surface area contributed by atoms with Crippen molar-refractivity contribution < 1.29 is 9.63 Å². The molecule has 1 aliphatic carbocycles. The molecule has 3 N–H and O–H groups in total. The minimum Gasteiger partial charge on any atom is -0.328 e. The highest BCUT2D eigenvalue weighted by Gasteiger charge is 2.23. The van der Waals surface area contributed by atoms with Gasteiger partial charge in [0.1, 0.15) is 11.2 Å². The van der Waals surface area contributed by atoms with Gasteiger partial charge in [0.15, 0.2) is 0 Å². The first kappa shape index (κ1) is 22.5. The number of rotatable bonds is 6. The SMILES string of the molecule is CONC(=O)c1cn(C2CCCC2)c2nc(Nc3ccc(C4CCNCC4)cc3)ncc2c1=O. The Morgan fingerprint density at radius 1 is 1.12 bits per heavy atom. The number of piperidine rings is 1. The normalized spacial score (nSPS) is 17.2. The number of hydroxylamine groups is 1. The van der Waals surface area contributed by atoms with E-state index in [0.29, 0.717) is 22.9 Å². The molecule has 1 saturated heterocycles. The van der Waals surface area contributed by atoms with E-state index in [4.69, 9.17) is 9.82 Å². The third-order valence-corrected chi connectivity index (χ3v) is 6.91. The predicted molar refractivity (Wildman–Crippen MR) is 130 cm³/mol. The summed E-state index contributed by atoms with van der Waals surface area (Å²) in [4.78, 5) is 39.3. The summed E-state index contributed by atoms with van der Waals surface area (Å²) in [7, 11) is 1.34. The molecule has 34 heavy (non-hydrogen) atoms. The Labute approximate surface area is 197 Å². The van der Waals surface area contributed by atoms with E-state index in [9.17, 15) is 9.59 Å². The first-order valence-electron chi connectivity index (χ1n) is 12.0.